The summed E-state index contributed by atoms with van der Waals surface area (Å²) in [5.74, 6) is -0.0678. The molecule has 104 valence electrons. The van der Waals surface area contributed by atoms with E-state index in [1.807, 2.05) is 0 Å². The molecule has 2 unspecified atom stereocenters. The van der Waals surface area contributed by atoms with Crippen molar-refractivity contribution in [1.82, 2.24) is 10.2 Å². The van der Waals surface area contributed by atoms with Crippen molar-refractivity contribution in [2.75, 3.05) is 20.7 Å². The van der Waals surface area contributed by atoms with E-state index in [0.29, 0.717) is 12.1 Å². The van der Waals surface area contributed by atoms with Crippen molar-refractivity contribution in [2.45, 2.75) is 63.1 Å². The highest BCUT2D eigenvalue weighted by Gasteiger charge is 2.49. The Morgan fingerprint density at radius 1 is 1.44 bits per heavy atom. The molecular formula is C14H26N2O2. The highest BCUT2D eigenvalue weighted by atomic mass is 16.5. The van der Waals surface area contributed by atoms with Gasteiger partial charge in [-0.3, -0.25) is 10.1 Å². The summed E-state index contributed by atoms with van der Waals surface area (Å²) in [4.78, 5) is 14.5. The summed E-state index contributed by atoms with van der Waals surface area (Å²) in [6.45, 7) is 3.30. The molecule has 0 saturated heterocycles. The average molecular weight is 254 g/mol. The number of ether oxygens (including phenoxy) is 1. The van der Waals surface area contributed by atoms with Crippen molar-refractivity contribution in [3.05, 3.63) is 0 Å². The molecule has 0 heterocycles. The van der Waals surface area contributed by atoms with Gasteiger partial charge in [0.2, 0.25) is 0 Å². The number of carbonyl (C=O) groups excluding carboxylic acids is 1. The zero-order valence-electron chi connectivity index (χ0n) is 11.9. The zero-order valence-corrected chi connectivity index (χ0v) is 11.9. The predicted molar refractivity (Wildman–Crippen MR) is 71.5 cm³/mol. The number of methoxy groups -OCH3 is 1. The average Bonchev–Trinajstić information content (AvgIpc) is 3.05. The van der Waals surface area contributed by atoms with E-state index < -0.39 is 5.54 Å². The highest BCUT2D eigenvalue weighted by molar-refractivity contribution is 5.81. The van der Waals surface area contributed by atoms with Gasteiger partial charge in [-0.1, -0.05) is 6.92 Å². The van der Waals surface area contributed by atoms with E-state index in [9.17, 15) is 4.79 Å². The van der Waals surface area contributed by atoms with Crippen LogP contribution in [0.5, 0.6) is 0 Å². The predicted octanol–water partition coefficient (Wildman–Crippen LogP) is 1.54. The lowest BCUT2D eigenvalue weighted by Gasteiger charge is -2.30. The molecule has 18 heavy (non-hydrogen) atoms. The molecule has 2 fully saturated rings. The fraction of sp³-hybridized carbons (Fsp3) is 0.929. The molecule has 2 atom stereocenters. The van der Waals surface area contributed by atoms with Crippen molar-refractivity contribution in [2.24, 2.45) is 0 Å². The van der Waals surface area contributed by atoms with E-state index in [1.165, 1.54) is 20.0 Å². The van der Waals surface area contributed by atoms with Crippen LogP contribution < -0.4 is 5.32 Å². The van der Waals surface area contributed by atoms with Crippen LogP contribution in [0.2, 0.25) is 0 Å². The number of nitrogens with zero attached hydrogens (tertiary/aromatic N) is 1. The molecular weight excluding hydrogens is 228 g/mol. The Labute approximate surface area is 110 Å². The molecule has 0 aliphatic heterocycles. The quantitative estimate of drug-likeness (QED) is 0.730. The van der Waals surface area contributed by atoms with Crippen LogP contribution in [-0.2, 0) is 9.53 Å². The Kier molecular flexibility index (Phi) is 4.28. The van der Waals surface area contributed by atoms with Crippen LogP contribution in [0.3, 0.4) is 0 Å². The number of rotatable bonds is 6. The molecule has 4 nitrogen and oxygen atoms in total. The first-order valence-corrected chi connectivity index (χ1v) is 7.17. The van der Waals surface area contributed by atoms with Gasteiger partial charge in [-0.2, -0.15) is 0 Å². The Morgan fingerprint density at radius 3 is 2.72 bits per heavy atom. The molecule has 0 radical (unpaired) electrons. The highest BCUT2D eigenvalue weighted by Crippen LogP contribution is 2.36. The van der Waals surface area contributed by atoms with Gasteiger partial charge in [0.1, 0.15) is 5.54 Å². The van der Waals surface area contributed by atoms with Crippen LogP contribution in [0, 0.1) is 0 Å². The first-order valence-electron chi connectivity index (χ1n) is 7.17. The maximum absolute atomic E-state index is 12.1. The molecule has 0 spiro atoms. The molecule has 0 aromatic carbocycles. The number of esters is 1. The molecule has 0 bridgehead atoms. The second kappa shape index (κ2) is 5.57. The van der Waals surface area contributed by atoms with Crippen LogP contribution in [0.1, 0.15) is 45.4 Å². The maximum Gasteiger partial charge on any atom is 0.326 e. The maximum atomic E-state index is 12.1. The van der Waals surface area contributed by atoms with E-state index in [2.05, 4.69) is 24.2 Å². The van der Waals surface area contributed by atoms with Gasteiger partial charge in [0.25, 0.3) is 0 Å². The number of hydrogen-bond acceptors (Lipinski definition) is 4. The molecule has 2 rings (SSSR count). The molecule has 2 aliphatic rings. The summed E-state index contributed by atoms with van der Waals surface area (Å²) >= 11 is 0. The summed E-state index contributed by atoms with van der Waals surface area (Å²) in [5, 5.41) is 3.54. The van der Waals surface area contributed by atoms with Gasteiger partial charge in [-0.25, -0.2) is 0 Å². The largest absolute Gasteiger partial charge is 0.468 e. The van der Waals surface area contributed by atoms with E-state index >= 15 is 0 Å². The van der Waals surface area contributed by atoms with Crippen molar-refractivity contribution in [1.29, 1.82) is 0 Å². The van der Waals surface area contributed by atoms with Gasteiger partial charge in [0.15, 0.2) is 0 Å². The van der Waals surface area contributed by atoms with E-state index in [-0.39, 0.29) is 5.97 Å². The standard InChI is InChI=1S/C14H26N2O2/c1-4-9-16(2)12-7-8-14(10-12,13(17)18-3)15-11-5-6-11/h11-12,15H,4-10H2,1-3H3. The minimum absolute atomic E-state index is 0.0678. The minimum Gasteiger partial charge on any atom is -0.468 e. The van der Waals surface area contributed by atoms with E-state index in [4.69, 9.17) is 4.74 Å². The van der Waals surface area contributed by atoms with Gasteiger partial charge >= 0.3 is 5.97 Å². The van der Waals surface area contributed by atoms with Crippen molar-refractivity contribution in [3.63, 3.8) is 0 Å². The molecule has 2 aliphatic carbocycles. The van der Waals surface area contributed by atoms with Gasteiger partial charge in [-0.15, -0.1) is 0 Å². The minimum atomic E-state index is -0.414. The fourth-order valence-electron chi connectivity index (χ4n) is 3.12. The third-order valence-corrected chi connectivity index (χ3v) is 4.32. The van der Waals surface area contributed by atoms with Crippen LogP contribution in [0.25, 0.3) is 0 Å². The molecule has 0 aromatic heterocycles. The number of hydrogen-bond donors (Lipinski definition) is 1. The molecule has 0 aromatic rings. The molecule has 4 heteroatoms. The normalized spacial score (nSPS) is 31.9. The monoisotopic (exact) mass is 254 g/mol. The smallest absolute Gasteiger partial charge is 0.326 e. The number of carbonyl (C=O) groups is 1. The third-order valence-electron chi connectivity index (χ3n) is 4.32. The molecule has 0 amide bonds. The Morgan fingerprint density at radius 2 is 2.17 bits per heavy atom. The molecule has 2 saturated carbocycles. The van der Waals surface area contributed by atoms with Gasteiger partial charge in [0, 0.05) is 12.1 Å². The van der Waals surface area contributed by atoms with E-state index in [0.717, 1.165) is 32.2 Å². The first-order chi connectivity index (χ1) is 8.61. The summed E-state index contributed by atoms with van der Waals surface area (Å²) in [7, 11) is 3.67. The van der Waals surface area contributed by atoms with Crippen LogP contribution in [0.4, 0.5) is 0 Å². The lowest BCUT2D eigenvalue weighted by atomic mass is 9.97. The van der Waals surface area contributed by atoms with E-state index in [1.54, 1.807) is 0 Å². The fourth-order valence-corrected chi connectivity index (χ4v) is 3.12. The Balaban J connectivity index is 2.00. The first kappa shape index (κ1) is 13.8. The van der Waals surface area contributed by atoms with Crippen molar-refractivity contribution in [3.8, 4) is 0 Å². The van der Waals surface area contributed by atoms with Crippen LogP contribution in [-0.4, -0.2) is 49.2 Å². The van der Waals surface area contributed by atoms with Crippen LogP contribution >= 0.6 is 0 Å². The third kappa shape index (κ3) is 2.86. The van der Waals surface area contributed by atoms with Gasteiger partial charge in [-0.05, 0) is 52.1 Å². The Hall–Kier alpha value is -0.610. The van der Waals surface area contributed by atoms with Crippen molar-refractivity contribution < 1.29 is 9.53 Å². The summed E-state index contributed by atoms with van der Waals surface area (Å²) in [5.41, 5.74) is -0.414. The zero-order chi connectivity index (χ0) is 13.2. The second-order valence-electron chi connectivity index (χ2n) is 5.87. The number of nitrogens with one attached hydrogen (secondary N) is 1. The van der Waals surface area contributed by atoms with Crippen LogP contribution in [0.15, 0.2) is 0 Å². The SMILES string of the molecule is CCCN(C)C1CCC(NC2CC2)(C(=O)OC)C1. The lowest BCUT2D eigenvalue weighted by Crippen LogP contribution is -2.52. The Bertz CT molecular complexity index is 304. The summed E-state index contributed by atoms with van der Waals surface area (Å²) < 4.78 is 5.03. The lowest BCUT2D eigenvalue weighted by molar-refractivity contribution is -0.148. The summed E-state index contributed by atoms with van der Waals surface area (Å²) in [6, 6.07) is 1.05. The second-order valence-corrected chi connectivity index (χ2v) is 5.87. The summed E-state index contributed by atoms with van der Waals surface area (Å²) in [6.07, 6.45) is 6.46. The van der Waals surface area contributed by atoms with Gasteiger partial charge < -0.3 is 9.64 Å². The topological polar surface area (TPSA) is 41.6 Å². The van der Waals surface area contributed by atoms with Crippen molar-refractivity contribution >= 4 is 5.97 Å². The van der Waals surface area contributed by atoms with Gasteiger partial charge in [0.05, 0.1) is 7.11 Å². The molecule has 1 N–H and O–H groups in total.